The molecule has 1 atom stereocenters. The van der Waals surface area contributed by atoms with Gasteiger partial charge in [-0.05, 0) is 31.5 Å². The molecule has 3 rings (SSSR count). The van der Waals surface area contributed by atoms with Gasteiger partial charge in [-0.15, -0.1) is 10.2 Å². The highest BCUT2D eigenvalue weighted by atomic mass is 16.3. The van der Waals surface area contributed by atoms with Crippen molar-refractivity contribution in [2.75, 3.05) is 19.6 Å². The first-order valence-electron chi connectivity index (χ1n) is 7.33. The van der Waals surface area contributed by atoms with Gasteiger partial charge in [-0.3, -0.25) is 9.36 Å². The fourth-order valence-corrected chi connectivity index (χ4v) is 2.66. The number of aromatic nitrogens is 3. The third-order valence-electron chi connectivity index (χ3n) is 3.87. The summed E-state index contributed by atoms with van der Waals surface area (Å²) in [6.45, 7) is 1.64. The van der Waals surface area contributed by atoms with Crippen molar-refractivity contribution >= 4 is 5.91 Å². The van der Waals surface area contributed by atoms with Crippen molar-refractivity contribution in [1.29, 1.82) is 0 Å². The molecule has 1 saturated heterocycles. The van der Waals surface area contributed by atoms with Crippen molar-refractivity contribution in [2.24, 2.45) is 0 Å². The zero-order chi connectivity index (χ0) is 15.4. The average Bonchev–Trinajstić information content (AvgIpc) is 3.08. The second-order valence-electron chi connectivity index (χ2n) is 5.57. The van der Waals surface area contributed by atoms with E-state index in [1.54, 1.807) is 29.4 Å². The molecule has 0 aliphatic carbocycles. The molecule has 1 fully saturated rings. The Labute approximate surface area is 128 Å². The summed E-state index contributed by atoms with van der Waals surface area (Å²) in [5.74, 6) is -0.219. The van der Waals surface area contributed by atoms with Crippen LogP contribution >= 0.6 is 0 Å². The number of hydrogen-bond acceptors (Lipinski definition) is 5. The summed E-state index contributed by atoms with van der Waals surface area (Å²) in [7, 11) is 0. The molecule has 1 aromatic carbocycles. The number of β-amino-alcohol motifs (C(OH)–C–C–N with tert-alkyl or cyclic N) is 1. The third kappa shape index (κ3) is 3.15. The van der Waals surface area contributed by atoms with Crippen molar-refractivity contribution in [3.8, 4) is 5.69 Å². The molecule has 7 nitrogen and oxygen atoms in total. The van der Waals surface area contributed by atoms with Crippen molar-refractivity contribution in [2.45, 2.75) is 18.4 Å². The maximum atomic E-state index is 12.4. The van der Waals surface area contributed by atoms with Gasteiger partial charge in [0.15, 0.2) is 0 Å². The van der Waals surface area contributed by atoms with Crippen LogP contribution in [0.2, 0.25) is 0 Å². The van der Waals surface area contributed by atoms with Gasteiger partial charge >= 0.3 is 0 Å². The number of carbonyl (C=O) groups excluding carboxylic acids is 1. The van der Waals surface area contributed by atoms with Crippen LogP contribution in [-0.4, -0.2) is 51.0 Å². The molecule has 1 aliphatic heterocycles. The van der Waals surface area contributed by atoms with Crippen LogP contribution in [-0.2, 0) is 0 Å². The summed E-state index contributed by atoms with van der Waals surface area (Å²) in [4.78, 5) is 12.4. The van der Waals surface area contributed by atoms with Crippen LogP contribution < -0.4 is 10.6 Å². The fourth-order valence-electron chi connectivity index (χ4n) is 2.66. The molecule has 1 aromatic heterocycles. The molecule has 2 aromatic rings. The first-order chi connectivity index (χ1) is 10.7. The number of aliphatic hydroxyl groups is 1. The molecule has 0 bridgehead atoms. The van der Waals surface area contributed by atoms with Crippen LogP contribution in [0, 0.1) is 0 Å². The van der Waals surface area contributed by atoms with Gasteiger partial charge in [0.1, 0.15) is 12.7 Å². The van der Waals surface area contributed by atoms with E-state index in [1.165, 1.54) is 0 Å². The first kappa shape index (κ1) is 14.7. The molecule has 22 heavy (non-hydrogen) atoms. The van der Waals surface area contributed by atoms with Crippen LogP contribution in [0.4, 0.5) is 0 Å². The lowest BCUT2D eigenvalue weighted by molar-refractivity contribution is 0.0170. The van der Waals surface area contributed by atoms with Crippen molar-refractivity contribution in [3.63, 3.8) is 0 Å². The number of rotatable bonds is 4. The number of benzene rings is 1. The van der Waals surface area contributed by atoms with E-state index in [0.29, 0.717) is 24.2 Å². The van der Waals surface area contributed by atoms with E-state index in [2.05, 4.69) is 20.8 Å². The molecule has 1 aliphatic rings. The number of nitrogens with one attached hydrogen (secondary N) is 2. The van der Waals surface area contributed by atoms with Crippen LogP contribution in [0.1, 0.15) is 23.2 Å². The third-order valence-corrected chi connectivity index (χ3v) is 3.87. The summed E-state index contributed by atoms with van der Waals surface area (Å²) in [6.07, 6.45) is 4.69. The maximum absolute atomic E-state index is 12.4. The molecule has 0 spiro atoms. The van der Waals surface area contributed by atoms with E-state index in [9.17, 15) is 9.90 Å². The molecule has 1 amide bonds. The molecule has 3 N–H and O–H groups in total. The van der Waals surface area contributed by atoms with Gasteiger partial charge in [0.25, 0.3) is 5.91 Å². The minimum atomic E-state index is -0.876. The number of carbonyl (C=O) groups is 1. The Morgan fingerprint density at radius 1 is 1.36 bits per heavy atom. The number of para-hydroxylation sites is 1. The van der Waals surface area contributed by atoms with Crippen LogP contribution in [0.5, 0.6) is 0 Å². The molecule has 0 radical (unpaired) electrons. The molecule has 116 valence electrons. The summed E-state index contributed by atoms with van der Waals surface area (Å²) < 4.78 is 1.69. The lowest BCUT2D eigenvalue weighted by Crippen LogP contribution is -2.52. The first-order valence-corrected chi connectivity index (χ1v) is 7.33. The highest BCUT2D eigenvalue weighted by molar-refractivity contribution is 5.97. The van der Waals surface area contributed by atoms with E-state index in [-0.39, 0.29) is 12.5 Å². The summed E-state index contributed by atoms with van der Waals surface area (Å²) in [5, 5.41) is 23.9. The van der Waals surface area contributed by atoms with E-state index < -0.39 is 5.60 Å². The maximum Gasteiger partial charge on any atom is 0.253 e. The highest BCUT2D eigenvalue weighted by Crippen LogP contribution is 2.16. The molecular weight excluding hydrogens is 282 g/mol. The molecule has 2 heterocycles. The Balaban J connectivity index is 1.73. The van der Waals surface area contributed by atoms with Crippen LogP contribution in [0.3, 0.4) is 0 Å². The molecule has 0 saturated carbocycles. The van der Waals surface area contributed by atoms with Crippen molar-refractivity contribution in [1.82, 2.24) is 25.4 Å². The fraction of sp³-hybridized carbons (Fsp3) is 0.400. The molecular formula is C15H19N5O2. The lowest BCUT2D eigenvalue weighted by atomic mass is 9.94. The topological polar surface area (TPSA) is 92.1 Å². The minimum Gasteiger partial charge on any atom is -0.387 e. The quantitative estimate of drug-likeness (QED) is 0.745. The van der Waals surface area contributed by atoms with Gasteiger partial charge in [-0.2, -0.15) is 0 Å². The number of piperidine rings is 1. The monoisotopic (exact) mass is 301 g/mol. The SMILES string of the molecule is O=C(NC[C@@]1(O)CCCNC1)c1ccccc1-n1cnnc1. The Morgan fingerprint density at radius 3 is 2.86 bits per heavy atom. The second-order valence-corrected chi connectivity index (χ2v) is 5.57. The van der Waals surface area contributed by atoms with Crippen LogP contribution in [0.25, 0.3) is 5.69 Å². The zero-order valence-electron chi connectivity index (χ0n) is 12.2. The average molecular weight is 301 g/mol. The number of amides is 1. The predicted octanol–water partition coefficient (Wildman–Crippen LogP) is 0.112. The second kappa shape index (κ2) is 6.25. The Hall–Kier alpha value is -2.25. The van der Waals surface area contributed by atoms with Gasteiger partial charge in [0.2, 0.25) is 0 Å². The summed E-state index contributed by atoms with van der Waals surface area (Å²) in [6, 6.07) is 7.23. The Morgan fingerprint density at radius 2 is 2.14 bits per heavy atom. The normalized spacial score (nSPS) is 21.5. The Bertz CT molecular complexity index is 635. The van der Waals surface area contributed by atoms with Gasteiger partial charge in [0, 0.05) is 13.1 Å². The van der Waals surface area contributed by atoms with E-state index >= 15 is 0 Å². The largest absolute Gasteiger partial charge is 0.387 e. The predicted molar refractivity (Wildman–Crippen MR) is 80.7 cm³/mol. The van der Waals surface area contributed by atoms with Gasteiger partial charge < -0.3 is 15.7 Å². The highest BCUT2D eigenvalue weighted by Gasteiger charge is 2.29. The minimum absolute atomic E-state index is 0.219. The summed E-state index contributed by atoms with van der Waals surface area (Å²) in [5.41, 5.74) is 0.354. The van der Waals surface area contributed by atoms with Gasteiger partial charge in [0.05, 0.1) is 16.9 Å². The molecule has 7 heteroatoms. The zero-order valence-corrected chi connectivity index (χ0v) is 12.2. The van der Waals surface area contributed by atoms with E-state index in [1.807, 2.05) is 12.1 Å². The van der Waals surface area contributed by atoms with E-state index in [0.717, 1.165) is 13.0 Å². The van der Waals surface area contributed by atoms with E-state index in [4.69, 9.17) is 0 Å². The lowest BCUT2D eigenvalue weighted by Gasteiger charge is -2.32. The summed E-state index contributed by atoms with van der Waals surface area (Å²) >= 11 is 0. The number of hydrogen-bond donors (Lipinski definition) is 3. The van der Waals surface area contributed by atoms with Crippen molar-refractivity contribution in [3.05, 3.63) is 42.5 Å². The van der Waals surface area contributed by atoms with Gasteiger partial charge in [-0.1, -0.05) is 12.1 Å². The van der Waals surface area contributed by atoms with Crippen molar-refractivity contribution < 1.29 is 9.90 Å². The smallest absolute Gasteiger partial charge is 0.253 e. The van der Waals surface area contributed by atoms with Gasteiger partial charge in [-0.25, -0.2) is 0 Å². The standard InChI is InChI=1S/C15H19N5O2/c21-14(17-9-15(22)6-3-7-16-8-15)12-4-1-2-5-13(12)20-10-18-19-11-20/h1-2,4-5,10-11,16,22H,3,6-9H2,(H,17,21)/t15-/m1/s1. The van der Waals surface area contributed by atoms with Crippen LogP contribution in [0.15, 0.2) is 36.9 Å². The number of nitrogens with zero attached hydrogens (tertiary/aromatic N) is 3. The molecule has 0 unspecified atom stereocenters. The Kier molecular flexibility index (Phi) is 4.17.